The van der Waals surface area contributed by atoms with Crippen LogP contribution >= 0.6 is 0 Å². The number of hydrogen-bond donors (Lipinski definition) is 4. The fourth-order valence-corrected chi connectivity index (χ4v) is 3.08. The zero-order valence-corrected chi connectivity index (χ0v) is 12.4. The molecule has 0 saturated carbocycles. The first-order valence-corrected chi connectivity index (χ1v) is 7.90. The van der Waals surface area contributed by atoms with E-state index in [0.29, 0.717) is 24.3 Å². The van der Waals surface area contributed by atoms with Crippen molar-refractivity contribution < 1.29 is 8.42 Å². The van der Waals surface area contributed by atoms with Gasteiger partial charge in [-0.1, -0.05) is 30.3 Å². The van der Waals surface area contributed by atoms with E-state index in [9.17, 15) is 8.42 Å². The van der Waals surface area contributed by atoms with E-state index in [1.54, 1.807) is 30.3 Å². The molecule has 0 aromatic heterocycles. The van der Waals surface area contributed by atoms with Crippen molar-refractivity contribution in [2.24, 2.45) is 5.73 Å². The third kappa shape index (κ3) is 3.74. The second-order valence-corrected chi connectivity index (χ2v) is 5.75. The molecule has 112 valence electrons. The van der Waals surface area contributed by atoms with Gasteiger partial charge in [0.2, 0.25) is 0 Å². The number of hydrogen-bond acceptors (Lipinski definition) is 5. The molecule has 2 rings (SSSR count). The van der Waals surface area contributed by atoms with E-state index in [4.69, 9.17) is 11.5 Å². The fourth-order valence-electron chi connectivity index (χ4n) is 2.23. The third-order valence-electron chi connectivity index (χ3n) is 3.16. The van der Waals surface area contributed by atoms with E-state index >= 15 is 0 Å². The number of rotatable bonds is 6. The average Bonchev–Trinajstić information content (AvgIpc) is 2.47. The summed E-state index contributed by atoms with van der Waals surface area (Å²) in [7, 11) is -2.69. The Bertz CT molecular complexity index is 664. The zero-order valence-electron chi connectivity index (χ0n) is 11.5. The predicted octanol–water partition coefficient (Wildman–Crippen LogP) is 1.34. The van der Waals surface area contributed by atoms with E-state index in [1.165, 1.54) is 0 Å². The Balaban J connectivity index is 2.52. The van der Waals surface area contributed by atoms with Crippen molar-refractivity contribution >= 4 is 22.1 Å². The van der Waals surface area contributed by atoms with Gasteiger partial charge in [0, 0.05) is 24.5 Å². The molecule has 0 radical (unpaired) electrons. The molecule has 21 heavy (non-hydrogen) atoms. The number of thiol groups is 1. The Kier molecular flexibility index (Phi) is 5.19. The van der Waals surface area contributed by atoms with Crippen LogP contribution < -0.4 is 16.8 Å². The summed E-state index contributed by atoms with van der Waals surface area (Å²) < 4.78 is 23.6. The Morgan fingerprint density at radius 3 is 2.43 bits per heavy atom. The van der Waals surface area contributed by atoms with Gasteiger partial charge in [0.15, 0.2) is 10.7 Å². The summed E-state index contributed by atoms with van der Waals surface area (Å²) in [6, 6.07) is 14.3. The molecule has 2 aromatic carbocycles. The van der Waals surface area contributed by atoms with E-state index in [-0.39, 0.29) is 0 Å². The van der Waals surface area contributed by atoms with E-state index in [2.05, 4.69) is 5.32 Å². The van der Waals surface area contributed by atoms with Crippen LogP contribution in [0.4, 0.5) is 11.4 Å². The van der Waals surface area contributed by atoms with E-state index in [0.717, 1.165) is 11.3 Å². The van der Waals surface area contributed by atoms with Crippen LogP contribution in [-0.4, -0.2) is 21.5 Å². The maximum absolute atomic E-state index is 11.8. The highest BCUT2D eigenvalue weighted by atomic mass is 32.2. The molecule has 2 aromatic rings. The lowest BCUT2D eigenvalue weighted by molar-refractivity contribution is 0.608. The molecule has 5 N–H and O–H groups in total. The minimum atomic E-state index is -2.69. The Hall–Kier alpha value is -2.05. The number of anilines is 2. The average molecular weight is 305 g/mol. The molecule has 6 heteroatoms. The van der Waals surface area contributed by atoms with Crippen molar-refractivity contribution in [3.63, 3.8) is 0 Å². The smallest absolute Gasteiger partial charge is 0.151 e. The molecule has 0 bridgehead atoms. The number of nitrogen functional groups attached to an aromatic ring is 1. The van der Waals surface area contributed by atoms with E-state index in [1.807, 2.05) is 18.2 Å². The van der Waals surface area contributed by atoms with Gasteiger partial charge in [-0.2, -0.15) is 0 Å². The SMILES string of the molecule is NCCNc1ccc(N)cc1C(c1ccccc1)[SH](=O)=O. The Morgan fingerprint density at radius 2 is 1.81 bits per heavy atom. The van der Waals surface area contributed by atoms with Gasteiger partial charge >= 0.3 is 0 Å². The lowest BCUT2D eigenvalue weighted by atomic mass is 10.0. The van der Waals surface area contributed by atoms with Crippen LogP contribution in [0.15, 0.2) is 48.5 Å². The van der Waals surface area contributed by atoms with Crippen LogP contribution in [0.1, 0.15) is 16.4 Å². The summed E-state index contributed by atoms with van der Waals surface area (Å²) in [5, 5.41) is 2.42. The van der Waals surface area contributed by atoms with Crippen molar-refractivity contribution in [1.29, 1.82) is 0 Å². The molecule has 0 spiro atoms. The van der Waals surface area contributed by atoms with Crippen molar-refractivity contribution in [3.8, 4) is 0 Å². The van der Waals surface area contributed by atoms with Gasteiger partial charge in [-0.3, -0.25) is 0 Å². The maximum Gasteiger partial charge on any atom is 0.151 e. The highest BCUT2D eigenvalue weighted by Crippen LogP contribution is 2.32. The standard InChI is InChI=1S/C15H19N3O2S/c16-8-9-18-14-7-6-12(17)10-13(14)15(21(19)20)11-4-2-1-3-5-11/h1-7,10,15,18,21H,8-9,16-17H2. The lowest BCUT2D eigenvalue weighted by Crippen LogP contribution is -2.15. The van der Waals surface area contributed by atoms with Gasteiger partial charge in [-0.15, -0.1) is 0 Å². The first-order valence-electron chi connectivity index (χ1n) is 6.65. The number of benzene rings is 2. The summed E-state index contributed by atoms with van der Waals surface area (Å²) in [5.74, 6) is 0. The van der Waals surface area contributed by atoms with Crippen molar-refractivity contribution in [1.82, 2.24) is 0 Å². The monoisotopic (exact) mass is 305 g/mol. The van der Waals surface area contributed by atoms with Crippen LogP contribution in [-0.2, 0) is 10.7 Å². The molecule has 1 atom stereocenters. The summed E-state index contributed by atoms with van der Waals surface area (Å²) >= 11 is 0. The molecule has 0 aliphatic carbocycles. The second kappa shape index (κ2) is 7.10. The number of nitrogens with two attached hydrogens (primary N) is 2. The highest BCUT2D eigenvalue weighted by molar-refractivity contribution is 7.73. The molecule has 0 fully saturated rings. The van der Waals surface area contributed by atoms with Gasteiger partial charge < -0.3 is 16.8 Å². The van der Waals surface area contributed by atoms with Gasteiger partial charge in [0.1, 0.15) is 5.25 Å². The fraction of sp³-hybridized carbons (Fsp3) is 0.200. The Morgan fingerprint density at radius 1 is 1.10 bits per heavy atom. The van der Waals surface area contributed by atoms with Gasteiger partial charge in [0.25, 0.3) is 0 Å². The molecule has 0 aliphatic rings. The number of nitrogens with one attached hydrogen (secondary N) is 1. The largest absolute Gasteiger partial charge is 0.399 e. The van der Waals surface area contributed by atoms with Gasteiger partial charge in [0.05, 0.1) is 0 Å². The van der Waals surface area contributed by atoms with Crippen molar-refractivity contribution in [3.05, 3.63) is 59.7 Å². The summed E-state index contributed by atoms with van der Waals surface area (Å²) in [6.45, 7) is 1.03. The molecule has 0 heterocycles. The maximum atomic E-state index is 11.8. The highest BCUT2D eigenvalue weighted by Gasteiger charge is 2.20. The quantitative estimate of drug-likeness (QED) is 0.477. The minimum absolute atomic E-state index is 0.462. The molecular weight excluding hydrogens is 286 g/mol. The summed E-state index contributed by atoms with van der Waals surface area (Å²) in [6.07, 6.45) is 0. The lowest BCUT2D eigenvalue weighted by Gasteiger charge is -2.18. The van der Waals surface area contributed by atoms with Crippen LogP contribution in [0, 0.1) is 0 Å². The Labute approximate surface area is 125 Å². The second-order valence-electron chi connectivity index (χ2n) is 4.66. The minimum Gasteiger partial charge on any atom is -0.399 e. The van der Waals surface area contributed by atoms with Crippen molar-refractivity contribution in [2.45, 2.75) is 5.25 Å². The van der Waals surface area contributed by atoms with Crippen LogP contribution in [0.25, 0.3) is 0 Å². The molecule has 5 nitrogen and oxygen atoms in total. The molecule has 0 aliphatic heterocycles. The first-order chi connectivity index (χ1) is 10.1. The topological polar surface area (TPSA) is 98.2 Å². The van der Waals surface area contributed by atoms with Gasteiger partial charge in [-0.05, 0) is 29.3 Å². The predicted molar refractivity (Wildman–Crippen MR) is 87.0 cm³/mol. The van der Waals surface area contributed by atoms with Gasteiger partial charge in [-0.25, -0.2) is 8.42 Å². The van der Waals surface area contributed by atoms with Crippen molar-refractivity contribution in [2.75, 3.05) is 24.1 Å². The summed E-state index contributed by atoms with van der Waals surface area (Å²) in [4.78, 5) is 0. The first kappa shape index (κ1) is 15.3. The van der Waals surface area contributed by atoms with Crippen LogP contribution in [0.2, 0.25) is 0 Å². The zero-order chi connectivity index (χ0) is 15.2. The molecule has 0 saturated heterocycles. The normalized spacial score (nSPS) is 12.3. The van der Waals surface area contributed by atoms with Crippen LogP contribution in [0.3, 0.4) is 0 Å². The summed E-state index contributed by atoms with van der Waals surface area (Å²) in [5.41, 5.74) is 13.9. The van der Waals surface area contributed by atoms with Crippen LogP contribution in [0.5, 0.6) is 0 Å². The van der Waals surface area contributed by atoms with E-state index < -0.39 is 16.0 Å². The third-order valence-corrected chi connectivity index (χ3v) is 4.15. The molecule has 1 unspecified atom stereocenters. The molecular formula is C15H19N3O2S. The molecule has 0 amide bonds.